The van der Waals surface area contributed by atoms with E-state index in [0.29, 0.717) is 12.1 Å². The molecule has 0 bridgehead atoms. The first-order valence-corrected chi connectivity index (χ1v) is 13.5. The van der Waals surface area contributed by atoms with Gasteiger partial charge in [-0.25, -0.2) is 8.42 Å². The Labute approximate surface area is 211 Å². The van der Waals surface area contributed by atoms with Crippen molar-refractivity contribution in [3.8, 4) is 5.75 Å². The number of benzene rings is 3. The lowest BCUT2D eigenvalue weighted by molar-refractivity contribution is 0.0227. The molecule has 0 fully saturated rings. The van der Waals surface area contributed by atoms with Crippen molar-refractivity contribution in [1.82, 2.24) is 5.32 Å². The van der Waals surface area contributed by atoms with E-state index in [0.717, 1.165) is 29.7 Å². The van der Waals surface area contributed by atoms with Crippen LogP contribution in [-0.2, 0) is 10.0 Å². The van der Waals surface area contributed by atoms with Crippen molar-refractivity contribution < 1.29 is 17.9 Å². The molecule has 0 saturated carbocycles. The Morgan fingerprint density at radius 2 is 1.74 bits per heavy atom. The maximum Gasteiger partial charge on any atom is 0.263 e. The number of halogens is 1. The summed E-state index contributed by atoms with van der Waals surface area (Å²) >= 11 is 6.26. The van der Waals surface area contributed by atoms with Crippen molar-refractivity contribution in [1.29, 1.82) is 0 Å². The van der Waals surface area contributed by atoms with Crippen LogP contribution in [-0.4, -0.2) is 19.9 Å². The number of carbonyl (C=O) groups excluding carboxylic acids is 1. The zero-order chi connectivity index (χ0) is 25.2. The molecule has 8 heteroatoms. The van der Waals surface area contributed by atoms with Gasteiger partial charge in [-0.1, -0.05) is 61.8 Å². The Morgan fingerprint density at radius 1 is 1.06 bits per heavy atom. The molecule has 4 rings (SSSR count). The van der Waals surface area contributed by atoms with Crippen molar-refractivity contribution in [2.24, 2.45) is 0 Å². The number of amides is 1. The second-order valence-corrected chi connectivity index (χ2v) is 10.9. The molecule has 1 aliphatic heterocycles. The van der Waals surface area contributed by atoms with Gasteiger partial charge in [0, 0.05) is 17.5 Å². The zero-order valence-electron chi connectivity index (χ0n) is 20.0. The fraction of sp³-hybridized carbons (Fsp3) is 0.296. The number of fused-ring (bicyclic) bond motifs is 1. The molecule has 3 aromatic rings. The van der Waals surface area contributed by atoms with Crippen molar-refractivity contribution in [2.75, 3.05) is 4.72 Å². The molecule has 35 heavy (non-hydrogen) atoms. The Morgan fingerprint density at radius 3 is 2.46 bits per heavy atom. The fourth-order valence-electron chi connectivity index (χ4n) is 4.41. The normalized spacial score (nSPS) is 16.6. The average molecular weight is 513 g/mol. The van der Waals surface area contributed by atoms with Crippen molar-refractivity contribution in [2.45, 2.75) is 56.6 Å². The Balaban J connectivity index is 1.63. The molecule has 6 nitrogen and oxygen atoms in total. The number of hydrogen-bond donors (Lipinski definition) is 2. The molecular weight excluding hydrogens is 484 g/mol. The van der Waals surface area contributed by atoms with Gasteiger partial charge in [0.25, 0.3) is 15.9 Å². The molecule has 2 N–H and O–H groups in total. The summed E-state index contributed by atoms with van der Waals surface area (Å²) < 4.78 is 35.1. The number of nitrogens with one attached hydrogen (secondary N) is 2. The van der Waals surface area contributed by atoms with Crippen LogP contribution in [0.15, 0.2) is 71.6 Å². The average Bonchev–Trinajstić information content (AvgIpc) is 2.85. The summed E-state index contributed by atoms with van der Waals surface area (Å²) in [5.74, 6) is 0.381. The van der Waals surface area contributed by atoms with Crippen LogP contribution in [0.1, 0.15) is 60.6 Å². The van der Waals surface area contributed by atoms with Crippen molar-refractivity contribution >= 4 is 33.2 Å². The Hall–Kier alpha value is -3.03. The van der Waals surface area contributed by atoms with Gasteiger partial charge >= 0.3 is 0 Å². The first-order chi connectivity index (χ1) is 16.7. The van der Waals surface area contributed by atoms with Gasteiger partial charge in [-0.15, -0.1) is 0 Å². The van der Waals surface area contributed by atoms with E-state index < -0.39 is 10.0 Å². The molecule has 0 aliphatic carbocycles. The van der Waals surface area contributed by atoms with Crippen LogP contribution in [0.4, 0.5) is 5.69 Å². The highest BCUT2D eigenvalue weighted by atomic mass is 35.5. The SMILES string of the molecule is CCC1(CC)CC(NC(=O)c2ccc(Cl)c(S(=O)(=O)Nc3ccccc3C)c2)c2ccccc2O1. The monoisotopic (exact) mass is 512 g/mol. The highest BCUT2D eigenvalue weighted by Crippen LogP contribution is 2.42. The van der Waals surface area contributed by atoms with E-state index in [4.69, 9.17) is 16.3 Å². The minimum absolute atomic E-state index is 0.0371. The van der Waals surface area contributed by atoms with Gasteiger partial charge in [-0.3, -0.25) is 9.52 Å². The standard InChI is InChI=1S/C27H29ClN2O4S/c1-4-27(5-2)17-23(20-11-7-9-13-24(20)34-27)29-26(31)19-14-15-21(28)25(16-19)35(32,33)30-22-12-8-6-10-18(22)3/h6-16,23,30H,4-5,17H2,1-3H3,(H,29,31). The Kier molecular flexibility index (Phi) is 7.10. The summed E-state index contributed by atoms with van der Waals surface area (Å²) in [6, 6.07) is 18.7. The van der Waals surface area contributed by atoms with Crippen LogP contribution in [0, 0.1) is 6.92 Å². The predicted octanol–water partition coefficient (Wildman–Crippen LogP) is 6.26. The smallest absolute Gasteiger partial charge is 0.263 e. The second kappa shape index (κ2) is 9.91. The summed E-state index contributed by atoms with van der Waals surface area (Å²) in [5, 5.41) is 3.13. The maximum atomic E-state index is 13.3. The summed E-state index contributed by atoms with van der Waals surface area (Å²) in [4.78, 5) is 13.1. The third kappa shape index (κ3) is 5.16. The largest absolute Gasteiger partial charge is 0.487 e. The van der Waals surface area contributed by atoms with Crippen LogP contribution in [0.5, 0.6) is 5.75 Å². The van der Waals surface area contributed by atoms with Gasteiger partial charge in [0.15, 0.2) is 0 Å². The zero-order valence-corrected chi connectivity index (χ0v) is 21.5. The molecule has 0 spiro atoms. The number of ether oxygens (including phenoxy) is 1. The molecular formula is C27H29ClN2O4S. The summed E-state index contributed by atoms with van der Waals surface area (Å²) in [5.41, 5.74) is 1.96. The van der Waals surface area contributed by atoms with Crippen LogP contribution < -0.4 is 14.8 Å². The Bertz CT molecular complexity index is 1350. The highest BCUT2D eigenvalue weighted by molar-refractivity contribution is 7.92. The summed E-state index contributed by atoms with van der Waals surface area (Å²) in [7, 11) is -4.01. The third-order valence-electron chi connectivity index (χ3n) is 6.66. The maximum absolute atomic E-state index is 13.3. The minimum atomic E-state index is -4.01. The van der Waals surface area contributed by atoms with Crippen LogP contribution in [0.3, 0.4) is 0 Å². The molecule has 0 saturated heterocycles. The lowest BCUT2D eigenvalue weighted by atomic mass is 9.83. The van der Waals surface area contributed by atoms with Gasteiger partial charge in [0.2, 0.25) is 0 Å². The van der Waals surface area contributed by atoms with E-state index in [-0.39, 0.29) is 33.0 Å². The van der Waals surface area contributed by atoms with Crippen LogP contribution in [0.25, 0.3) is 0 Å². The molecule has 1 amide bonds. The van der Waals surface area contributed by atoms with E-state index in [1.54, 1.807) is 12.1 Å². The lowest BCUT2D eigenvalue weighted by Crippen LogP contribution is -2.44. The van der Waals surface area contributed by atoms with E-state index in [1.165, 1.54) is 18.2 Å². The highest BCUT2D eigenvalue weighted by Gasteiger charge is 2.39. The first kappa shape index (κ1) is 25.1. The van der Waals surface area contributed by atoms with Gasteiger partial charge in [0.05, 0.1) is 16.8 Å². The quantitative estimate of drug-likeness (QED) is 0.391. The summed E-state index contributed by atoms with van der Waals surface area (Å²) in [6.45, 7) is 5.96. The molecule has 1 aliphatic rings. The molecule has 3 aromatic carbocycles. The number of rotatable bonds is 7. The molecule has 1 heterocycles. The molecule has 0 aromatic heterocycles. The topological polar surface area (TPSA) is 84.5 Å². The van der Waals surface area contributed by atoms with Gasteiger partial charge in [0.1, 0.15) is 16.2 Å². The van der Waals surface area contributed by atoms with E-state index in [9.17, 15) is 13.2 Å². The van der Waals surface area contributed by atoms with Crippen molar-refractivity contribution in [3.05, 3.63) is 88.4 Å². The number of hydrogen-bond acceptors (Lipinski definition) is 4. The fourth-order valence-corrected chi connectivity index (χ4v) is 6.07. The number of aryl methyl sites for hydroxylation is 1. The summed E-state index contributed by atoms with van der Waals surface area (Å²) in [6.07, 6.45) is 2.23. The van der Waals surface area contributed by atoms with Gasteiger partial charge in [-0.05, 0) is 55.7 Å². The first-order valence-electron chi connectivity index (χ1n) is 11.6. The van der Waals surface area contributed by atoms with E-state index >= 15 is 0 Å². The van der Waals surface area contributed by atoms with Gasteiger partial charge in [-0.2, -0.15) is 0 Å². The number of carbonyl (C=O) groups is 1. The van der Waals surface area contributed by atoms with Gasteiger partial charge < -0.3 is 10.1 Å². The number of anilines is 1. The number of para-hydroxylation sites is 2. The van der Waals surface area contributed by atoms with E-state index in [1.807, 2.05) is 43.3 Å². The van der Waals surface area contributed by atoms with E-state index in [2.05, 4.69) is 23.9 Å². The molecule has 184 valence electrons. The molecule has 1 unspecified atom stereocenters. The molecule has 0 radical (unpaired) electrons. The lowest BCUT2D eigenvalue weighted by Gasteiger charge is -2.41. The predicted molar refractivity (Wildman–Crippen MR) is 139 cm³/mol. The third-order valence-corrected chi connectivity index (χ3v) is 8.51. The van der Waals surface area contributed by atoms with Crippen molar-refractivity contribution in [3.63, 3.8) is 0 Å². The van der Waals surface area contributed by atoms with Crippen LogP contribution >= 0.6 is 11.6 Å². The molecule has 1 atom stereocenters. The minimum Gasteiger partial charge on any atom is -0.487 e. The number of sulfonamides is 1. The second-order valence-electron chi connectivity index (χ2n) is 8.83. The van der Waals surface area contributed by atoms with Crippen LogP contribution in [0.2, 0.25) is 5.02 Å².